The normalized spacial score (nSPS) is 10.0. The number of halogens is 1. The quantitative estimate of drug-likeness (QED) is 0.678. The molecule has 1 aromatic carbocycles. The van der Waals surface area contributed by atoms with Crippen molar-refractivity contribution in [3.63, 3.8) is 0 Å². The second-order valence-electron chi connectivity index (χ2n) is 4.97. The molecule has 3 rings (SSSR count). The van der Waals surface area contributed by atoms with E-state index in [0.717, 1.165) is 26.6 Å². The Hall–Kier alpha value is -2.78. The number of benzene rings is 1. The molecule has 0 fully saturated rings. The molecule has 0 unspecified atom stereocenters. The molecule has 2 aromatic heterocycles. The number of hydrogen-bond donors (Lipinski definition) is 2. The Bertz CT molecular complexity index is 910. The van der Waals surface area contributed by atoms with Crippen LogP contribution in [0.25, 0.3) is 11.0 Å². The second kappa shape index (κ2) is 7.66. The summed E-state index contributed by atoms with van der Waals surface area (Å²) in [5.41, 5.74) is 2.55. The van der Waals surface area contributed by atoms with Crippen molar-refractivity contribution in [3.8, 4) is 11.8 Å². The predicted octanol–water partition coefficient (Wildman–Crippen LogP) is 3.60. The number of aromatic amines is 1. The van der Waals surface area contributed by atoms with E-state index in [-0.39, 0.29) is 13.2 Å². The maximum Gasteiger partial charge on any atom is 0.408 e. The summed E-state index contributed by atoms with van der Waals surface area (Å²) in [6.07, 6.45) is 3.03. The topological polar surface area (TPSA) is 67.0 Å². The SMILES string of the molecule is O=C(NCC#Cc1c[nH]c2ncc(Br)cc12)OCc1ccccc1. The summed E-state index contributed by atoms with van der Waals surface area (Å²) in [5.74, 6) is 5.92. The molecular weight excluding hydrogens is 370 g/mol. The number of ether oxygens (including phenoxy) is 1. The van der Waals surface area contributed by atoms with Gasteiger partial charge in [-0.25, -0.2) is 9.78 Å². The van der Waals surface area contributed by atoms with Gasteiger partial charge in [0.05, 0.1) is 12.1 Å². The molecule has 5 nitrogen and oxygen atoms in total. The number of nitrogens with one attached hydrogen (secondary N) is 2. The van der Waals surface area contributed by atoms with Crippen molar-refractivity contribution in [2.45, 2.75) is 6.61 Å². The van der Waals surface area contributed by atoms with Crippen LogP contribution in [0.3, 0.4) is 0 Å². The van der Waals surface area contributed by atoms with Gasteiger partial charge in [0.1, 0.15) is 12.3 Å². The first-order chi connectivity index (χ1) is 11.7. The fourth-order valence-electron chi connectivity index (χ4n) is 2.11. The molecule has 0 aliphatic heterocycles. The van der Waals surface area contributed by atoms with Crippen LogP contribution in [-0.2, 0) is 11.3 Å². The van der Waals surface area contributed by atoms with Crippen LogP contribution in [0.4, 0.5) is 4.79 Å². The van der Waals surface area contributed by atoms with E-state index in [1.807, 2.05) is 36.4 Å². The molecule has 0 saturated carbocycles. The van der Waals surface area contributed by atoms with Gasteiger partial charge in [0.2, 0.25) is 0 Å². The van der Waals surface area contributed by atoms with Gasteiger partial charge in [0.25, 0.3) is 0 Å². The van der Waals surface area contributed by atoms with Gasteiger partial charge < -0.3 is 15.0 Å². The zero-order chi connectivity index (χ0) is 16.8. The summed E-state index contributed by atoms with van der Waals surface area (Å²) in [6, 6.07) is 11.5. The molecule has 3 aromatic rings. The molecule has 0 radical (unpaired) electrons. The van der Waals surface area contributed by atoms with Gasteiger partial charge in [0.15, 0.2) is 0 Å². The number of H-pyrrole nitrogens is 1. The van der Waals surface area contributed by atoms with Gasteiger partial charge in [-0.3, -0.25) is 0 Å². The summed E-state index contributed by atoms with van der Waals surface area (Å²) in [6.45, 7) is 0.448. The molecule has 0 spiro atoms. The molecule has 0 atom stereocenters. The van der Waals surface area contributed by atoms with Crippen LogP contribution in [-0.4, -0.2) is 22.6 Å². The summed E-state index contributed by atoms with van der Waals surface area (Å²) >= 11 is 3.39. The summed E-state index contributed by atoms with van der Waals surface area (Å²) in [4.78, 5) is 18.9. The van der Waals surface area contributed by atoms with Gasteiger partial charge in [-0.2, -0.15) is 0 Å². The van der Waals surface area contributed by atoms with Crippen molar-refractivity contribution in [2.24, 2.45) is 0 Å². The minimum Gasteiger partial charge on any atom is -0.445 e. The third kappa shape index (κ3) is 4.15. The van der Waals surface area contributed by atoms with E-state index in [2.05, 4.69) is 43.1 Å². The number of amides is 1. The molecule has 0 bridgehead atoms. The number of alkyl carbamates (subject to hydrolysis) is 1. The lowest BCUT2D eigenvalue weighted by Gasteiger charge is -2.04. The zero-order valence-corrected chi connectivity index (χ0v) is 14.3. The average Bonchev–Trinajstić information content (AvgIpc) is 3.00. The Labute approximate surface area is 147 Å². The van der Waals surface area contributed by atoms with Gasteiger partial charge in [0, 0.05) is 22.3 Å². The number of aromatic nitrogens is 2. The Balaban J connectivity index is 1.52. The molecule has 2 heterocycles. The van der Waals surface area contributed by atoms with Crippen molar-refractivity contribution in [2.75, 3.05) is 6.54 Å². The van der Waals surface area contributed by atoms with Crippen molar-refractivity contribution in [3.05, 3.63) is 64.4 Å². The maximum atomic E-state index is 11.6. The first-order valence-electron chi connectivity index (χ1n) is 7.28. The Morgan fingerprint density at radius 3 is 3.00 bits per heavy atom. The minimum atomic E-state index is -0.489. The third-order valence-corrected chi connectivity index (χ3v) is 3.69. The lowest BCUT2D eigenvalue weighted by molar-refractivity contribution is 0.141. The van der Waals surface area contributed by atoms with Crippen LogP contribution in [0.15, 0.2) is 53.3 Å². The van der Waals surface area contributed by atoms with Gasteiger partial charge >= 0.3 is 6.09 Å². The number of carbonyl (C=O) groups is 1. The minimum absolute atomic E-state index is 0.210. The smallest absolute Gasteiger partial charge is 0.408 e. The first kappa shape index (κ1) is 16.1. The van der Waals surface area contributed by atoms with Crippen molar-refractivity contribution >= 4 is 33.1 Å². The third-order valence-electron chi connectivity index (χ3n) is 3.25. The average molecular weight is 384 g/mol. The summed E-state index contributed by atoms with van der Waals surface area (Å²) in [5, 5.41) is 3.54. The highest BCUT2D eigenvalue weighted by Crippen LogP contribution is 2.19. The lowest BCUT2D eigenvalue weighted by Crippen LogP contribution is -2.24. The van der Waals surface area contributed by atoms with Gasteiger partial charge in [-0.1, -0.05) is 42.2 Å². The second-order valence-corrected chi connectivity index (χ2v) is 5.88. The van der Waals surface area contributed by atoms with Crippen LogP contribution in [0.5, 0.6) is 0 Å². The molecule has 120 valence electrons. The van der Waals surface area contributed by atoms with Gasteiger partial charge in [-0.05, 0) is 27.6 Å². The number of hydrogen-bond acceptors (Lipinski definition) is 3. The highest BCUT2D eigenvalue weighted by atomic mass is 79.9. The number of nitrogens with zero attached hydrogens (tertiary/aromatic N) is 1. The largest absolute Gasteiger partial charge is 0.445 e. The van der Waals surface area contributed by atoms with Crippen LogP contribution < -0.4 is 5.32 Å². The number of pyridine rings is 1. The van der Waals surface area contributed by atoms with Crippen molar-refractivity contribution in [1.82, 2.24) is 15.3 Å². The molecule has 0 saturated heterocycles. The Kier molecular flexibility index (Phi) is 5.14. The van der Waals surface area contributed by atoms with E-state index in [1.165, 1.54) is 0 Å². The molecular formula is C18H14BrN3O2. The van der Waals surface area contributed by atoms with E-state index in [4.69, 9.17) is 4.74 Å². The molecule has 24 heavy (non-hydrogen) atoms. The molecule has 2 N–H and O–H groups in total. The number of rotatable bonds is 3. The van der Waals surface area contributed by atoms with Crippen molar-refractivity contribution in [1.29, 1.82) is 0 Å². The first-order valence-corrected chi connectivity index (χ1v) is 8.08. The monoisotopic (exact) mass is 383 g/mol. The van der Waals surface area contributed by atoms with E-state index < -0.39 is 6.09 Å². The van der Waals surface area contributed by atoms with E-state index >= 15 is 0 Å². The molecule has 6 heteroatoms. The fourth-order valence-corrected chi connectivity index (χ4v) is 2.44. The van der Waals surface area contributed by atoms with Crippen molar-refractivity contribution < 1.29 is 9.53 Å². The van der Waals surface area contributed by atoms with E-state index in [1.54, 1.807) is 12.4 Å². The Morgan fingerprint density at radius 1 is 1.33 bits per heavy atom. The summed E-state index contributed by atoms with van der Waals surface area (Å²) < 4.78 is 6.00. The van der Waals surface area contributed by atoms with Gasteiger partial charge in [-0.15, -0.1) is 0 Å². The predicted molar refractivity (Wildman–Crippen MR) is 95.3 cm³/mol. The summed E-state index contributed by atoms with van der Waals surface area (Å²) in [7, 11) is 0. The molecule has 0 aliphatic rings. The molecule has 1 amide bonds. The molecule has 0 aliphatic carbocycles. The van der Waals surface area contributed by atoms with Crippen LogP contribution in [0, 0.1) is 11.8 Å². The number of fused-ring (bicyclic) bond motifs is 1. The Morgan fingerprint density at radius 2 is 2.17 bits per heavy atom. The fraction of sp³-hybridized carbons (Fsp3) is 0.111. The van der Waals surface area contributed by atoms with E-state index in [0.29, 0.717) is 0 Å². The highest BCUT2D eigenvalue weighted by molar-refractivity contribution is 9.10. The number of carbonyl (C=O) groups excluding carboxylic acids is 1. The highest BCUT2D eigenvalue weighted by Gasteiger charge is 2.03. The van der Waals surface area contributed by atoms with Crippen LogP contribution >= 0.6 is 15.9 Å². The standard InChI is InChI=1S/C18H14BrN3O2/c19-15-9-16-14(10-21-17(16)22-11-15)7-4-8-20-18(23)24-12-13-5-2-1-3-6-13/h1-3,5-6,9-11H,8,12H2,(H,20,23)(H,21,22). The lowest BCUT2D eigenvalue weighted by atomic mass is 10.2. The van der Waals surface area contributed by atoms with Crippen LogP contribution in [0.1, 0.15) is 11.1 Å². The maximum absolute atomic E-state index is 11.6. The van der Waals surface area contributed by atoms with E-state index in [9.17, 15) is 4.79 Å². The van der Waals surface area contributed by atoms with Crippen LogP contribution in [0.2, 0.25) is 0 Å². The zero-order valence-electron chi connectivity index (χ0n) is 12.7.